The maximum Gasteiger partial charge on any atom is 0.270 e. The van der Waals surface area contributed by atoms with E-state index in [-0.39, 0.29) is 17.7 Å². The number of nitrogen functional groups attached to an aromatic ring is 1. The number of hydrogen-bond donors (Lipinski definition) is 3. The predicted molar refractivity (Wildman–Crippen MR) is 88.4 cm³/mol. The topological polar surface area (TPSA) is 82.2 Å². The van der Waals surface area contributed by atoms with E-state index in [4.69, 9.17) is 22.7 Å². The minimum atomic E-state index is -0.349. The molecule has 3 rings (SSSR count). The highest BCUT2D eigenvalue weighted by Crippen LogP contribution is 2.26. The Morgan fingerprint density at radius 1 is 1.36 bits per heavy atom. The second-order valence-corrected chi connectivity index (χ2v) is 6.61. The summed E-state index contributed by atoms with van der Waals surface area (Å²) in [6.45, 7) is 3.26. The fourth-order valence-electron chi connectivity index (χ4n) is 3.49. The molecule has 2 saturated heterocycles. The van der Waals surface area contributed by atoms with Crippen LogP contribution in [0.5, 0.6) is 0 Å². The van der Waals surface area contributed by atoms with Crippen LogP contribution in [-0.4, -0.2) is 42.2 Å². The monoisotopic (exact) mass is 320 g/mol. The van der Waals surface area contributed by atoms with Gasteiger partial charge in [0.15, 0.2) is 0 Å². The van der Waals surface area contributed by atoms with E-state index in [9.17, 15) is 4.79 Å². The van der Waals surface area contributed by atoms with Crippen LogP contribution in [0.4, 0.5) is 5.69 Å². The first-order chi connectivity index (χ1) is 10.5. The van der Waals surface area contributed by atoms with Crippen molar-refractivity contribution < 1.29 is 4.79 Å². The van der Waals surface area contributed by atoms with Crippen LogP contribution in [0.15, 0.2) is 18.2 Å². The number of carbonyl (C=O) groups is 1. The van der Waals surface area contributed by atoms with Gasteiger partial charge in [-0.3, -0.25) is 10.2 Å². The van der Waals surface area contributed by atoms with Crippen molar-refractivity contribution in [3.63, 3.8) is 0 Å². The summed E-state index contributed by atoms with van der Waals surface area (Å²) in [5, 5.41) is 11.6. The zero-order valence-electron chi connectivity index (χ0n) is 12.4. The van der Waals surface area contributed by atoms with Gasteiger partial charge in [-0.1, -0.05) is 11.6 Å². The lowest BCUT2D eigenvalue weighted by Crippen LogP contribution is -2.54. The van der Waals surface area contributed by atoms with Crippen molar-refractivity contribution in [2.75, 3.05) is 25.4 Å². The summed E-state index contributed by atoms with van der Waals surface area (Å²) in [4.78, 5) is 14.8. The van der Waals surface area contributed by atoms with Crippen molar-refractivity contribution in [1.29, 1.82) is 5.41 Å². The van der Waals surface area contributed by atoms with E-state index >= 15 is 0 Å². The number of benzene rings is 1. The number of anilines is 1. The normalized spacial score (nSPS) is 27.2. The summed E-state index contributed by atoms with van der Waals surface area (Å²) >= 11 is 5.86. The van der Waals surface area contributed by atoms with Crippen molar-refractivity contribution in [2.45, 2.75) is 25.3 Å². The molecule has 1 aromatic carbocycles. The van der Waals surface area contributed by atoms with Gasteiger partial charge in [0.2, 0.25) is 0 Å². The summed E-state index contributed by atoms with van der Waals surface area (Å²) in [5.74, 6) is 0.153. The molecule has 4 N–H and O–H groups in total. The Morgan fingerprint density at radius 2 is 2.18 bits per heavy atom. The Labute approximate surface area is 135 Å². The average molecular weight is 321 g/mol. The molecule has 2 heterocycles. The minimum absolute atomic E-state index is 0.0904. The highest BCUT2D eigenvalue weighted by Gasteiger charge is 2.33. The highest BCUT2D eigenvalue weighted by atomic mass is 35.5. The summed E-state index contributed by atoms with van der Waals surface area (Å²) in [5.41, 5.74) is 6.57. The van der Waals surface area contributed by atoms with Crippen molar-refractivity contribution in [3.05, 3.63) is 28.8 Å². The molecule has 118 valence electrons. The molecule has 6 heteroatoms. The molecule has 0 aromatic heterocycles. The molecule has 3 atom stereocenters. The van der Waals surface area contributed by atoms with Gasteiger partial charge in [0.05, 0.1) is 0 Å². The molecule has 1 aromatic rings. The number of piperidine rings is 2. The van der Waals surface area contributed by atoms with E-state index in [1.54, 1.807) is 18.2 Å². The molecule has 0 spiro atoms. The molecule has 22 heavy (non-hydrogen) atoms. The summed E-state index contributed by atoms with van der Waals surface area (Å²) in [7, 11) is 0. The fraction of sp³-hybridized carbons (Fsp3) is 0.500. The Kier molecular flexibility index (Phi) is 4.36. The van der Waals surface area contributed by atoms with Gasteiger partial charge in [0.25, 0.3) is 5.91 Å². The van der Waals surface area contributed by atoms with Crippen LogP contribution in [0, 0.1) is 11.3 Å². The van der Waals surface area contributed by atoms with Crippen LogP contribution in [-0.2, 0) is 4.79 Å². The summed E-state index contributed by atoms with van der Waals surface area (Å²) < 4.78 is 0. The lowest BCUT2D eigenvalue weighted by atomic mass is 9.85. The van der Waals surface area contributed by atoms with Gasteiger partial charge in [-0.25, -0.2) is 0 Å². The zero-order chi connectivity index (χ0) is 15.7. The minimum Gasteiger partial charge on any atom is -0.398 e. The quantitative estimate of drug-likeness (QED) is 0.587. The predicted octanol–water partition coefficient (Wildman–Crippen LogP) is 1.89. The summed E-state index contributed by atoms with van der Waals surface area (Å²) in [6.07, 6.45) is 3.30. The zero-order valence-corrected chi connectivity index (χ0v) is 13.2. The number of nitrogens with zero attached hydrogens (tertiary/aromatic N) is 1. The molecular formula is C16H21ClN4O. The number of hydrogen-bond acceptors (Lipinski definition) is 4. The molecule has 5 nitrogen and oxygen atoms in total. The van der Waals surface area contributed by atoms with Crippen LogP contribution in [0.25, 0.3) is 0 Å². The molecule has 0 radical (unpaired) electrons. The van der Waals surface area contributed by atoms with Gasteiger partial charge >= 0.3 is 0 Å². The second kappa shape index (κ2) is 6.26. The molecule has 1 amide bonds. The maximum absolute atomic E-state index is 12.4. The van der Waals surface area contributed by atoms with Crippen LogP contribution < -0.4 is 11.1 Å². The largest absolute Gasteiger partial charge is 0.398 e. The molecule has 0 saturated carbocycles. The lowest BCUT2D eigenvalue weighted by molar-refractivity contribution is -0.116. The first-order valence-corrected chi connectivity index (χ1v) is 8.09. The fourth-order valence-corrected chi connectivity index (χ4v) is 3.67. The highest BCUT2D eigenvalue weighted by molar-refractivity contribution is 6.45. The number of carbonyl (C=O) groups excluding carboxylic acids is 1. The number of halogens is 1. The molecular weight excluding hydrogens is 300 g/mol. The Balaban J connectivity index is 1.67. The van der Waals surface area contributed by atoms with Gasteiger partial charge in [-0.05, 0) is 49.9 Å². The first-order valence-electron chi connectivity index (χ1n) is 7.72. The van der Waals surface area contributed by atoms with E-state index in [1.165, 1.54) is 13.0 Å². The number of rotatable bonds is 3. The smallest absolute Gasteiger partial charge is 0.270 e. The van der Waals surface area contributed by atoms with Crippen LogP contribution in [0.2, 0.25) is 5.02 Å². The van der Waals surface area contributed by atoms with Crippen LogP contribution >= 0.6 is 11.6 Å². The van der Waals surface area contributed by atoms with Crippen molar-refractivity contribution >= 4 is 28.9 Å². The molecule has 2 aliphatic heterocycles. The third kappa shape index (κ3) is 3.10. The SMILES string of the molecule is N=C(C(=O)NC1CCN2CCCC1C2)c1ccc(Cl)cc1N. The van der Waals surface area contributed by atoms with Gasteiger partial charge in [0, 0.05) is 35.4 Å². The van der Waals surface area contributed by atoms with Crippen LogP contribution in [0.1, 0.15) is 24.8 Å². The summed E-state index contributed by atoms with van der Waals surface area (Å²) in [6, 6.07) is 5.01. The number of nitrogens with one attached hydrogen (secondary N) is 2. The van der Waals surface area contributed by atoms with Crippen molar-refractivity contribution in [1.82, 2.24) is 10.2 Å². The molecule has 2 bridgehead atoms. The Morgan fingerprint density at radius 3 is 2.95 bits per heavy atom. The number of fused-ring (bicyclic) bond motifs is 2. The van der Waals surface area contributed by atoms with Crippen molar-refractivity contribution in [2.24, 2.45) is 5.92 Å². The maximum atomic E-state index is 12.4. The van der Waals surface area contributed by atoms with Gasteiger partial charge < -0.3 is 16.0 Å². The Bertz CT molecular complexity index is 604. The van der Waals surface area contributed by atoms with Crippen molar-refractivity contribution in [3.8, 4) is 0 Å². The standard InChI is InChI=1S/C16H21ClN4O/c17-11-3-4-12(13(18)8-11)15(19)16(22)20-14-5-7-21-6-1-2-10(14)9-21/h3-4,8,10,14,19H,1-2,5-7,9,18H2,(H,20,22). The Hall–Kier alpha value is -1.59. The third-order valence-corrected chi connectivity index (χ3v) is 4.93. The van der Waals surface area contributed by atoms with Gasteiger partial charge in [0.1, 0.15) is 5.71 Å². The third-order valence-electron chi connectivity index (χ3n) is 4.69. The lowest BCUT2D eigenvalue weighted by Gasteiger charge is -2.42. The van der Waals surface area contributed by atoms with E-state index in [1.807, 2.05) is 0 Å². The van der Waals surface area contributed by atoms with Gasteiger partial charge in [-0.15, -0.1) is 0 Å². The van der Waals surface area contributed by atoms with E-state index in [2.05, 4.69) is 10.2 Å². The van der Waals surface area contributed by atoms with E-state index in [0.717, 1.165) is 25.9 Å². The molecule has 2 fully saturated rings. The van der Waals surface area contributed by atoms with E-state index in [0.29, 0.717) is 22.2 Å². The van der Waals surface area contributed by atoms with E-state index < -0.39 is 0 Å². The molecule has 0 aliphatic carbocycles. The number of amides is 1. The number of nitrogens with two attached hydrogens (primary N) is 1. The second-order valence-electron chi connectivity index (χ2n) is 6.18. The average Bonchev–Trinajstić information content (AvgIpc) is 2.50. The van der Waals surface area contributed by atoms with Gasteiger partial charge in [-0.2, -0.15) is 0 Å². The molecule has 3 unspecified atom stereocenters. The first kappa shape index (κ1) is 15.3. The molecule has 2 aliphatic rings. The van der Waals surface area contributed by atoms with Crippen LogP contribution in [0.3, 0.4) is 0 Å².